The van der Waals surface area contributed by atoms with E-state index >= 15 is 0 Å². The highest BCUT2D eigenvalue weighted by Crippen LogP contribution is 2.23. The highest BCUT2D eigenvalue weighted by atomic mass is 16.3. The van der Waals surface area contributed by atoms with E-state index in [2.05, 4.69) is 24.5 Å². The van der Waals surface area contributed by atoms with Crippen LogP contribution in [0.1, 0.15) is 38.3 Å². The van der Waals surface area contributed by atoms with Crippen LogP contribution in [0, 0.1) is 5.92 Å². The second kappa shape index (κ2) is 7.92. The number of rotatable bonds is 7. The molecule has 0 fully saturated rings. The van der Waals surface area contributed by atoms with Gasteiger partial charge in [0.25, 0.3) is 0 Å². The van der Waals surface area contributed by atoms with Crippen molar-refractivity contribution in [2.75, 3.05) is 19.0 Å². The molecule has 4 heteroatoms. The molecular weight excluding hydrogens is 240 g/mol. The molecule has 0 heterocycles. The number of carbonyl (C=O) groups excluding carboxylic acids is 1. The number of hydrogen-bond acceptors (Lipinski definition) is 3. The van der Waals surface area contributed by atoms with E-state index in [0.29, 0.717) is 12.3 Å². The Bertz CT molecular complexity index is 403. The number of carbonyl (C=O) groups is 1. The summed E-state index contributed by atoms with van der Waals surface area (Å²) in [5.41, 5.74) is 1.68. The Morgan fingerprint density at radius 2 is 2.05 bits per heavy atom. The molecule has 1 rings (SSSR count). The van der Waals surface area contributed by atoms with Gasteiger partial charge in [-0.25, -0.2) is 0 Å². The maximum absolute atomic E-state index is 11.9. The Balaban J connectivity index is 2.80. The van der Waals surface area contributed by atoms with Gasteiger partial charge in [0.15, 0.2) is 0 Å². The highest BCUT2D eigenvalue weighted by Gasteiger charge is 2.14. The van der Waals surface area contributed by atoms with E-state index in [4.69, 9.17) is 0 Å². The molecule has 19 heavy (non-hydrogen) atoms. The van der Waals surface area contributed by atoms with Crippen LogP contribution in [-0.4, -0.2) is 24.7 Å². The van der Waals surface area contributed by atoms with Crippen LogP contribution in [0.25, 0.3) is 0 Å². The molecule has 1 aromatic rings. The highest BCUT2D eigenvalue weighted by molar-refractivity contribution is 5.91. The number of hydrogen-bond donors (Lipinski definition) is 3. The predicted molar refractivity (Wildman–Crippen MR) is 78.0 cm³/mol. The standard InChI is InChI=1S/C15H24N2O2/c1-4-11(2)9-15(19)17-13-8-6-5-7-12(13)14(10-18)16-3/h5-8,11,14,16,18H,4,9-10H2,1-3H3,(H,17,19)/t11-,14?/m0/s1. The van der Waals surface area contributed by atoms with Gasteiger partial charge in [0, 0.05) is 12.1 Å². The van der Waals surface area contributed by atoms with E-state index in [1.807, 2.05) is 24.3 Å². The summed E-state index contributed by atoms with van der Waals surface area (Å²) < 4.78 is 0. The molecule has 0 saturated carbocycles. The average molecular weight is 264 g/mol. The summed E-state index contributed by atoms with van der Waals surface area (Å²) in [6, 6.07) is 7.40. The molecule has 0 spiro atoms. The van der Waals surface area contributed by atoms with Crippen LogP contribution in [0.5, 0.6) is 0 Å². The number of anilines is 1. The number of likely N-dealkylation sites (N-methyl/N-ethyl adjacent to an activating group) is 1. The SMILES string of the molecule is CC[C@H](C)CC(=O)Nc1ccccc1C(CO)NC. The van der Waals surface area contributed by atoms with E-state index in [9.17, 15) is 9.90 Å². The molecule has 0 radical (unpaired) electrons. The third-order valence-electron chi connectivity index (χ3n) is 3.37. The summed E-state index contributed by atoms with van der Waals surface area (Å²) in [6.07, 6.45) is 1.51. The van der Waals surface area contributed by atoms with E-state index < -0.39 is 0 Å². The zero-order chi connectivity index (χ0) is 14.3. The van der Waals surface area contributed by atoms with Crippen molar-refractivity contribution in [3.8, 4) is 0 Å². The van der Waals surface area contributed by atoms with Crippen molar-refractivity contribution in [1.29, 1.82) is 0 Å². The van der Waals surface area contributed by atoms with Gasteiger partial charge in [-0.2, -0.15) is 0 Å². The summed E-state index contributed by atoms with van der Waals surface area (Å²) in [5.74, 6) is 0.402. The lowest BCUT2D eigenvalue weighted by molar-refractivity contribution is -0.117. The molecule has 1 aromatic carbocycles. The number of amides is 1. The van der Waals surface area contributed by atoms with Gasteiger partial charge in [-0.3, -0.25) is 4.79 Å². The Hall–Kier alpha value is -1.39. The number of aliphatic hydroxyl groups is 1. The second-order valence-corrected chi connectivity index (χ2v) is 4.88. The summed E-state index contributed by atoms with van der Waals surface area (Å²) in [6.45, 7) is 4.14. The molecule has 0 aliphatic rings. The average Bonchev–Trinajstić information content (AvgIpc) is 2.41. The molecule has 0 aliphatic carbocycles. The molecule has 0 bridgehead atoms. The number of para-hydroxylation sites is 1. The Morgan fingerprint density at radius 1 is 1.37 bits per heavy atom. The first-order valence-electron chi connectivity index (χ1n) is 6.79. The van der Waals surface area contributed by atoms with E-state index in [1.165, 1.54) is 0 Å². The van der Waals surface area contributed by atoms with Crippen molar-refractivity contribution >= 4 is 11.6 Å². The van der Waals surface area contributed by atoms with Crippen molar-refractivity contribution in [3.05, 3.63) is 29.8 Å². The fourth-order valence-corrected chi connectivity index (χ4v) is 1.92. The lowest BCUT2D eigenvalue weighted by atomic mass is 10.0. The summed E-state index contributed by atoms with van der Waals surface area (Å²) in [7, 11) is 1.79. The van der Waals surface area contributed by atoms with Crippen LogP contribution in [0.3, 0.4) is 0 Å². The largest absolute Gasteiger partial charge is 0.394 e. The molecule has 4 nitrogen and oxygen atoms in total. The van der Waals surface area contributed by atoms with Gasteiger partial charge in [-0.1, -0.05) is 38.5 Å². The topological polar surface area (TPSA) is 61.4 Å². The minimum atomic E-state index is -0.167. The summed E-state index contributed by atoms with van der Waals surface area (Å²) in [4.78, 5) is 11.9. The second-order valence-electron chi connectivity index (χ2n) is 4.88. The fourth-order valence-electron chi connectivity index (χ4n) is 1.92. The first-order chi connectivity index (χ1) is 9.12. The van der Waals surface area contributed by atoms with Crippen LogP contribution in [0.15, 0.2) is 24.3 Å². The van der Waals surface area contributed by atoms with Crippen molar-refractivity contribution in [1.82, 2.24) is 5.32 Å². The molecule has 106 valence electrons. The normalized spacial score (nSPS) is 13.9. The van der Waals surface area contributed by atoms with Crippen molar-refractivity contribution in [2.45, 2.75) is 32.7 Å². The molecule has 1 unspecified atom stereocenters. The first-order valence-corrected chi connectivity index (χ1v) is 6.79. The number of benzene rings is 1. The molecule has 2 atom stereocenters. The van der Waals surface area contributed by atoms with Crippen LogP contribution >= 0.6 is 0 Å². The smallest absolute Gasteiger partial charge is 0.224 e. The van der Waals surface area contributed by atoms with Gasteiger partial charge < -0.3 is 15.7 Å². The van der Waals surface area contributed by atoms with Crippen molar-refractivity contribution in [2.24, 2.45) is 5.92 Å². The molecule has 3 N–H and O–H groups in total. The Kier molecular flexibility index (Phi) is 6.53. The third-order valence-corrected chi connectivity index (χ3v) is 3.37. The van der Waals surface area contributed by atoms with Crippen LogP contribution < -0.4 is 10.6 Å². The fraction of sp³-hybridized carbons (Fsp3) is 0.533. The molecule has 0 aliphatic heterocycles. The Morgan fingerprint density at radius 3 is 2.63 bits per heavy atom. The summed E-state index contributed by atoms with van der Waals surface area (Å²) >= 11 is 0. The maximum Gasteiger partial charge on any atom is 0.224 e. The lowest BCUT2D eigenvalue weighted by Crippen LogP contribution is -2.23. The summed E-state index contributed by atoms with van der Waals surface area (Å²) in [5, 5.41) is 15.3. The van der Waals surface area contributed by atoms with Gasteiger partial charge in [-0.15, -0.1) is 0 Å². The van der Waals surface area contributed by atoms with Crippen LogP contribution in [0.2, 0.25) is 0 Å². The zero-order valence-corrected chi connectivity index (χ0v) is 11.9. The van der Waals surface area contributed by atoms with Gasteiger partial charge >= 0.3 is 0 Å². The Labute approximate surface area is 115 Å². The number of nitrogens with one attached hydrogen (secondary N) is 2. The molecule has 1 amide bonds. The van der Waals surface area contributed by atoms with Gasteiger partial charge in [-0.05, 0) is 24.6 Å². The number of aliphatic hydroxyl groups excluding tert-OH is 1. The quantitative estimate of drug-likeness (QED) is 0.708. The lowest BCUT2D eigenvalue weighted by Gasteiger charge is -2.18. The minimum absolute atomic E-state index is 0.00521. The van der Waals surface area contributed by atoms with Crippen molar-refractivity contribution < 1.29 is 9.90 Å². The molecule has 0 aromatic heterocycles. The monoisotopic (exact) mass is 264 g/mol. The van der Waals surface area contributed by atoms with E-state index in [0.717, 1.165) is 17.7 Å². The predicted octanol–water partition coefficient (Wildman–Crippen LogP) is 2.31. The van der Waals surface area contributed by atoms with Crippen molar-refractivity contribution in [3.63, 3.8) is 0 Å². The first kappa shape index (κ1) is 15.7. The zero-order valence-electron chi connectivity index (χ0n) is 11.9. The maximum atomic E-state index is 11.9. The van der Waals surface area contributed by atoms with Crippen LogP contribution in [0.4, 0.5) is 5.69 Å². The third kappa shape index (κ3) is 4.65. The van der Waals surface area contributed by atoms with Crippen LogP contribution in [-0.2, 0) is 4.79 Å². The van der Waals surface area contributed by atoms with E-state index in [-0.39, 0.29) is 18.6 Å². The minimum Gasteiger partial charge on any atom is -0.394 e. The van der Waals surface area contributed by atoms with Gasteiger partial charge in [0.05, 0.1) is 12.6 Å². The van der Waals surface area contributed by atoms with Gasteiger partial charge in [0.2, 0.25) is 5.91 Å². The van der Waals surface area contributed by atoms with E-state index in [1.54, 1.807) is 7.05 Å². The molecular formula is C15H24N2O2. The van der Waals surface area contributed by atoms with Gasteiger partial charge in [0.1, 0.15) is 0 Å². The molecule has 0 saturated heterocycles.